The van der Waals surface area contributed by atoms with Crippen molar-refractivity contribution in [3.63, 3.8) is 0 Å². The highest BCUT2D eigenvalue weighted by Gasteiger charge is 2.27. The van der Waals surface area contributed by atoms with Crippen molar-refractivity contribution >= 4 is 35.9 Å². The van der Waals surface area contributed by atoms with E-state index in [1.165, 1.54) is 0 Å². The van der Waals surface area contributed by atoms with E-state index >= 15 is 0 Å². The van der Waals surface area contributed by atoms with Gasteiger partial charge in [-0.15, -0.1) is 12.4 Å². The quantitative estimate of drug-likeness (QED) is 0.926. The average molecular weight is 308 g/mol. The SMILES string of the molecule is Cl.NCCN1C(=O)c2ccccc2Sc2cccnc21. The van der Waals surface area contributed by atoms with Crippen LogP contribution in [0, 0.1) is 0 Å². The van der Waals surface area contributed by atoms with E-state index in [-0.39, 0.29) is 18.3 Å². The van der Waals surface area contributed by atoms with Crippen molar-refractivity contribution < 1.29 is 4.79 Å². The number of hydrogen-bond donors (Lipinski definition) is 1. The highest BCUT2D eigenvalue weighted by atomic mass is 35.5. The van der Waals surface area contributed by atoms with Gasteiger partial charge < -0.3 is 5.73 Å². The third kappa shape index (κ3) is 2.52. The van der Waals surface area contributed by atoms with Crippen LogP contribution in [0.2, 0.25) is 0 Å². The monoisotopic (exact) mass is 307 g/mol. The molecule has 1 aliphatic rings. The summed E-state index contributed by atoms with van der Waals surface area (Å²) in [5, 5.41) is 0. The third-order valence-electron chi connectivity index (χ3n) is 2.94. The summed E-state index contributed by atoms with van der Waals surface area (Å²) in [4.78, 5) is 20.5. The lowest BCUT2D eigenvalue weighted by molar-refractivity contribution is 0.0984. The van der Waals surface area contributed by atoms with Crippen molar-refractivity contribution in [1.29, 1.82) is 0 Å². The summed E-state index contributed by atoms with van der Waals surface area (Å²) in [5.74, 6) is 0.658. The van der Waals surface area contributed by atoms with E-state index < -0.39 is 0 Å². The number of aromatic nitrogens is 1. The molecule has 2 heterocycles. The Morgan fingerprint density at radius 3 is 2.70 bits per heavy atom. The first-order valence-corrected chi connectivity index (χ1v) is 6.87. The van der Waals surface area contributed by atoms with Crippen LogP contribution >= 0.6 is 24.2 Å². The molecule has 20 heavy (non-hydrogen) atoms. The molecule has 0 aliphatic carbocycles. The number of anilines is 1. The molecule has 104 valence electrons. The number of halogens is 1. The first-order valence-electron chi connectivity index (χ1n) is 6.05. The van der Waals surface area contributed by atoms with Crippen molar-refractivity contribution in [1.82, 2.24) is 4.98 Å². The lowest BCUT2D eigenvalue weighted by Crippen LogP contribution is -2.35. The molecule has 3 rings (SSSR count). The summed E-state index contributed by atoms with van der Waals surface area (Å²) < 4.78 is 0. The molecule has 0 unspecified atom stereocenters. The largest absolute Gasteiger partial charge is 0.329 e. The second-order valence-electron chi connectivity index (χ2n) is 4.17. The third-order valence-corrected chi connectivity index (χ3v) is 4.06. The van der Waals surface area contributed by atoms with Crippen LogP contribution in [-0.2, 0) is 0 Å². The number of amides is 1. The Bertz CT molecular complexity index is 635. The van der Waals surface area contributed by atoms with Crippen molar-refractivity contribution in [3.8, 4) is 0 Å². The summed E-state index contributed by atoms with van der Waals surface area (Å²) >= 11 is 1.57. The molecule has 1 aromatic carbocycles. The maximum atomic E-state index is 12.6. The normalized spacial score (nSPS) is 13.1. The van der Waals surface area contributed by atoms with Crippen LogP contribution in [-0.4, -0.2) is 24.0 Å². The second kappa shape index (κ2) is 6.26. The number of hydrogen-bond acceptors (Lipinski definition) is 4. The molecule has 1 amide bonds. The summed E-state index contributed by atoms with van der Waals surface area (Å²) in [6, 6.07) is 11.5. The Hall–Kier alpha value is -1.56. The molecule has 2 aromatic rings. The zero-order valence-electron chi connectivity index (χ0n) is 10.7. The van der Waals surface area contributed by atoms with Gasteiger partial charge in [-0.3, -0.25) is 9.69 Å². The van der Waals surface area contributed by atoms with Crippen molar-refractivity contribution in [2.24, 2.45) is 5.73 Å². The van der Waals surface area contributed by atoms with Crippen LogP contribution in [0.4, 0.5) is 5.82 Å². The minimum absolute atomic E-state index is 0. The fourth-order valence-electron chi connectivity index (χ4n) is 2.09. The Morgan fingerprint density at radius 1 is 1.15 bits per heavy atom. The highest BCUT2D eigenvalue weighted by molar-refractivity contribution is 7.99. The molecule has 0 radical (unpaired) electrons. The molecule has 1 aliphatic heterocycles. The van der Waals surface area contributed by atoms with Gasteiger partial charge in [0.05, 0.1) is 10.5 Å². The van der Waals surface area contributed by atoms with Gasteiger partial charge in [0.15, 0.2) is 0 Å². The number of carbonyl (C=O) groups is 1. The van der Waals surface area contributed by atoms with Crippen LogP contribution in [0.1, 0.15) is 10.4 Å². The zero-order valence-corrected chi connectivity index (χ0v) is 12.3. The van der Waals surface area contributed by atoms with Crippen LogP contribution in [0.25, 0.3) is 0 Å². The summed E-state index contributed by atoms with van der Waals surface area (Å²) in [6.07, 6.45) is 1.70. The average Bonchev–Trinajstić information content (AvgIpc) is 2.56. The molecule has 0 spiro atoms. The number of benzene rings is 1. The molecule has 0 bridgehead atoms. The van der Waals surface area contributed by atoms with Gasteiger partial charge >= 0.3 is 0 Å². The highest BCUT2D eigenvalue weighted by Crippen LogP contribution is 2.39. The van der Waals surface area contributed by atoms with E-state index in [0.29, 0.717) is 24.5 Å². The van der Waals surface area contributed by atoms with Gasteiger partial charge in [0.1, 0.15) is 5.82 Å². The topological polar surface area (TPSA) is 59.2 Å². The van der Waals surface area contributed by atoms with E-state index in [2.05, 4.69) is 4.98 Å². The summed E-state index contributed by atoms with van der Waals surface area (Å²) in [7, 11) is 0. The molecule has 0 saturated heterocycles. The Morgan fingerprint density at radius 2 is 1.90 bits per heavy atom. The molecular weight excluding hydrogens is 294 g/mol. The first-order chi connectivity index (χ1) is 9.31. The molecule has 1 aromatic heterocycles. The molecule has 6 heteroatoms. The molecule has 0 fully saturated rings. The molecule has 0 saturated carbocycles. The zero-order chi connectivity index (χ0) is 13.2. The Balaban J connectivity index is 0.00000147. The van der Waals surface area contributed by atoms with Crippen molar-refractivity contribution in [3.05, 3.63) is 48.2 Å². The summed E-state index contributed by atoms with van der Waals surface area (Å²) in [6.45, 7) is 0.881. The van der Waals surface area contributed by atoms with Crippen LogP contribution in [0.3, 0.4) is 0 Å². The number of pyridine rings is 1. The minimum Gasteiger partial charge on any atom is -0.329 e. The smallest absolute Gasteiger partial charge is 0.260 e. The van der Waals surface area contributed by atoms with E-state index in [4.69, 9.17) is 5.73 Å². The lowest BCUT2D eigenvalue weighted by Gasteiger charge is -2.20. The van der Waals surface area contributed by atoms with Gasteiger partial charge in [-0.05, 0) is 24.3 Å². The maximum Gasteiger partial charge on any atom is 0.260 e. The first kappa shape index (κ1) is 14.8. The van der Waals surface area contributed by atoms with Gasteiger partial charge in [0.2, 0.25) is 0 Å². The predicted molar refractivity (Wildman–Crippen MR) is 82.8 cm³/mol. The number of carbonyl (C=O) groups excluding carboxylic acids is 1. The number of fused-ring (bicyclic) bond motifs is 2. The lowest BCUT2D eigenvalue weighted by atomic mass is 10.2. The number of nitrogens with zero attached hydrogens (tertiary/aromatic N) is 2. The van der Waals surface area contributed by atoms with E-state index in [1.54, 1.807) is 22.9 Å². The van der Waals surface area contributed by atoms with Gasteiger partial charge in [-0.2, -0.15) is 0 Å². The Labute approximate surface area is 127 Å². The molecule has 4 nitrogen and oxygen atoms in total. The summed E-state index contributed by atoms with van der Waals surface area (Å²) in [5.41, 5.74) is 6.33. The van der Waals surface area contributed by atoms with Crippen LogP contribution in [0.5, 0.6) is 0 Å². The van der Waals surface area contributed by atoms with Gasteiger partial charge in [-0.1, -0.05) is 23.9 Å². The van der Waals surface area contributed by atoms with E-state index in [9.17, 15) is 4.79 Å². The Kier molecular flexibility index (Phi) is 4.65. The van der Waals surface area contributed by atoms with Gasteiger partial charge in [-0.25, -0.2) is 4.98 Å². The standard InChI is InChI=1S/C14H13N3OS.ClH/c15-7-9-17-13-12(6-3-8-16-13)19-11-5-2-1-4-10(11)14(17)18;/h1-6,8H,7,9,15H2;1H. The van der Waals surface area contributed by atoms with E-state index in [0.717, 1.165) is 9.79 Å². The van der Waals surface area contributed by atoms with Crippen molar-refractivity contribution in [2.45, 2.75) is 9.79 Å². The van der Waals surface area contributed by atoms with Gasteiger partial charge in [0, 0.05) is 24.2 Å². The maximum absolute atomic E-state index is 12.6. The van der Waals surface area contributed by atoms with Gasteiger partial charge in [0.25, 0.3) is 5.91 Å². The molecule has 2 N–H and O–H groups in total. The fraction of sp³-hybridized carbons (Fsp3) is 0.143. The second-order valence-corrected chi connectivity index (χ2v) is 5.25. The van der Waals surface area contributed by atoms with Crippen molar-refractivity contribution in [2.75, 3.05) is 18.0 Å². The van der Waals surface area contributed by atoms with Crippen LogP contribution in [0.15, 0.2) is 52.4 Å². The molecular formula is C14H14ClN3OS. The van der Waals surface area contributed by atoms with Crippen LogP contribution < -0.4 is 10.6 Å². The number of rotatable bonds is 2. The minimum atomic E-state index is -0.0361. The number of nitrogens with two attached hydrogens (primary N) is 1. The van der Waals surface area contributed by atoms with E-state index in [1.807, 2.05) is 36.4 Å². The molecule has 0 atom stereocenters. The fourth-order valence-corrected chi connectivity index (χ4v) is 3.14. The predicted octanol–water partition coefficient (Wildman–Crippen LogP) is 2.57.